The smallest absolute Gasteiger partial charge is 0.254 e. The van der Waals surface area contributed by atoms with E-state index in [9.17, 15) is 9.18 Å². The zero-order chi connectivity index (χ0) is 14.5. The molecule has 2 rings (SSSR count). The Kier molecular flexibility index (Phi) is 5.38. The van der Waals surface area contributed by atoms with Gasteiger partial charge < -0.3 is 5.32 Å². The lowest BCUT2D eigenvalue weighted by Crippen LogP contribution is -2.42. The van der Waals surface area contributed by atoms with Crippen LogP contribution in [-0.2, 0) is 0 Å². The maximum atomic E-state index is 13.6. The second-order valence-corrected chi connectivity index (χ2v) is 5.70. The van der Waals surface area contributed by atoms with E-state index >= 15 is 0 Å². The summed E-state index contributed by atoms with van der Waals surface area (Å²) >= 11 is 5.67. The van der Waals surface area contributed by atoms with Crippen molar-refractivity contribution < 1.29 is 9.18 Å². The first-order valence-electron chi connectivity index (χ1n) is 7.05. The van der Waals surface area contributed by atoms with E-state index in [2.05, 4.69) is 17.1 Å². The molecule has 0 aliphatic carbocycles. The summed E-state index contributed by atoms with van der Waals surface area (Å²) in [6, 6.07) is 4.65. The lowest BCUT2D eigenvalue weighted by molar-refractivity contribution is 0.0934. The second kappa shape index (κ2) is 7.04. The summed E-state index contributed by atoms with van der Waals surface area (Å²) < 4.78 is 13.6. The number of amides is 1. The number of nitrogens with zero attached hydrogens (tertiary/aromatic N) is 1. The molecule has 0 saturated carbocycles. The SMILES string of the molecule is CC1CCCCN1CCNC(=O)c1ccc(Cl)cc1F. The van der Waals surface area contributed by atoms with Crippen molar-refractivity contribution in [2.75, 3.05) is 19.6 Å². The van der Waals surface area contributed by atoms with Gasteiger partial charge >= 0.3 is 0 Å². The van der Waals surface area contributed by atoms with Gasteiger partial charge in [0.1, 0.15) is 5.82 Å². The van der Waals surface area contributed by atoms with Crippen LogP contribution in [0.4, 0.5) is 4.39 Å². The monoisotopic (exact) mass is 298 g/mol. The highest BCUT2D eigenvalue weighted by molar-refractivity contribution is 6.30. The highest BCUT2D eigenvalue weighted by atomic mass is 35.5. The van der Waals surface area contributed by atoms with Crippen molar-refractivity contribution in [2.24, 2.45) is 0 Å². The first-order valence-corrected chi connectivity index (χ1v) is 7.43. The second-order valence-electron chi connectivity index (χ2n) is 5.26. The number of likely N-dealkylation sites (tertiary alicyclic amines) is 1. The molecule has 0 spiro atoms. The van der Waals surface area contributed by atoms with E-state index in [1.807, 2.05) is 0 Å². The predicted octanol–water partition coefficient (Wildman–Crippen LogP) is 3.08. The van der Waals surface area contributed by atoms with Crippen LogP contribution < -0.4 is 5.32 Å². The molecule has 1 heterocycles. The van der Waals surface area contributed by atoms with Gasteiger partial charge in [0.2, 0.25) is 0 Å². The molecule has 110 valence electrons. The molecular weight excluding hydrogens is 279 g/mol. The molecule has 1 aliphatic heterocycles. The normalized spacial score (nSPS) is 19.9. The minimum absolute atomic E-state index is 0.0427. The summed E-state index contributed by atoms with van der Waals surface area (Å²) in [5.74, 6) is -0.967. The minimum atomic E-state index is -0.582. The van der Waals surface area contributed by atoms with Crippen LogP contribution in [0.15, 0.2) is 18.2 Å². The summed E-state index contributed by atoms with van der Waals surface area (Å²) in [5.41, 5.74) is 0.0427. The average molecular weight is 299 g/mol. The van der Waals surface area contributed by atoms with Gasteiger partial charge in [0.25, 0.3) is 5.91 Å². The zero-order valence-electron chi connectivity index (χ0n) is 11.7. The number of nitrogens with one attached hydrogen (secondary N) is 1. The maximum absolute atomic E-state index is 13.6. The minimum Gasteiger partial charge on any atom is -0.351 e. The molecule has 1 fully saturated rings. The van der Waals surface area contributed by atoms with Crippen LogP contribution in [0.5, 0.6) is 0 Å². The summed E-state index contributed by atoms with van der Waals surface area (Å²) in [5, 5.41) is 3.06. The van der Waals surface area contributed by atoms with E-state index < -0.39 is 5.82 Å². The molecule has 0 radical (unpaired) electrons. The summed E-state index contributed by atoms with van der Waals surface area (Å²) in [6.07, 6.45) is 3.70. The highest BCUT2D eigenvalue weighted by Gasteiger charge is 2.18. The van der Waals surface area contributed by atoms with Gasteiger partial charge in [0.05, 0.1) is 5.56 Å². The molecular formula is C15H20ClFN2O. The van der Waals surface area contributed by atoms with Crippen LogP contribution in [0.1, 0.15) is 36.5 Å². The van der Waals surface area contributed by atoms with Gasteiger partial charge in [-0.25, -0.2) is 4.39 Å². The third-order valence-electron chi connectivity index (χ3n) is 3.80. The highest BCUT2D eigenvalue weighted by Crippen LogP contribution is 2.16. The van der Waals surface area contributed by atoms with Crippen LogP contribution in [-0.4, -0.2) is 36.5 Å². The average Bonchev–Trinajstić information content (AvgIpc) is 2.40. The third-order valence-corrected chi connectivity index (χ3v) is 4.04. The van der Waals surface area contributed by atoms with Crippen LogP contribution >= 0.6 is 11.6 Å². The molecule has 20 heavy (non-hydrogen) atoms. The van der Waals surface area contributed by atoms with E-state index in [1.54, 1.807) is 0 Å². The number of halogens is 2. The molecule has 1 aromatic rings. The molecule has 1 N–H and O–H groups in total. The Morgan fingerprint density at radius 2 is 2.30 bits per heavy atom. The molecule has 3 nitrogen and oxygen atoms in total. The topological polar surface area (TPSA) is 32.3 Å². The van der Waals surface area contributed by atoms with Crippen molar-refractivity contribution in [2.45, 2.75) is 32.2 Å². The van der Waals surface area contributed by atoms with E-state index in [0.717, 1.165) is 19.2 Å². The number of benzene rings is 1. The van der Waals surface area contributed by atoms with Gasteiger partial charge in [-0.2, -0.15) is 0 Å². The van der Waals surface area contributed by atoms with Crippen LogP contribution in [0, 0.1) is 5.82 Å². The third kappa shape index (κ3) is 3.93. The zero-order valence-corrected chi connectivity index (χ0v) is 12.4. The molecule has 1 unspecified atom stereocenters. The molecule has 1 aliphatic rings. The van der Waals surface area contributed by atoms with E-state index in [0.29, 0.717) is 17.6 Å². The number of hydrogen-bond acceptors (Lipinski definition) is 2. The molecule has 1 saturated heterocycles. The van der Waals surface area contributed by atoms with Crippen molar-refractivity contribution in [3.63, 3.8) is 0 Å². The van der Waals surface area contributed by atoms with Gasteiger partial charge in [-0.1, -0.05) is 18.0 Å². The molecule has 5 heteroatoms. The fraction of sp³-hybridized carbons (Fsp3) is 0.533. The van der Waals surface area contributed by atoms with Gasteiger partial charge in [-0.3, -0.25) is 9.69 Å². The lowest BCUT2D eigenvalue weighted by atomic mass is 10.0. The maximum Gasteiger partial charge on any atom is 0.254 e. The van der Waals surface area contributed by atoms with Gasteiger partial charge in [0.15, 0.2) is 0 Å². The Hall–Kier alpha value is -1.13. The van der Waals surface area contributed by atoms with E-state index in [-0.39, 0.29) is 11.5 Å². The van der Waals surface area contributed by atoms with Gasteiger partial charge in [-0.15, -0.1) is 0 Å². The summed E-state index contributed by atoms with van der Waals surface area (Å²) in [4.78, 5) is 14.3. The van der Waals surface area contributed by atoms with Crippen molar-refractivity contribution in [3.8, 4) is 0 Å². The van der Waals surface area contributed by atoms with Crippen LogP contribution in [0.2, 0.25) is 5.02 Å². The number of rotatable bonds is 4. The molecule has 1 aromatic carbocycles. The number of piperidine rings is 1. The molecule has 1 amide bonds. The van der Waals surface area contributed by atoms with E-state index in [4.69, 9.17) is 11.6 Å². The molecule has 0 aromatic heterocycles. The van der Waals surface area contributed by atoms with Gasteiger partial charge in [0, 0.05) is 24.2 Å². The van der Waals surface area contributed by atoms with E-state index in [1.165, 1.54) is 31.4 Å². The van der Waals surface area contributed by atoms with Crippen LogP contribution in [0.25, 0.3) is 0 Å². The Bertz CT molecular complexity index is 481. The first kappa shape index (κ1) is 15.3. The summed E-state index contributed by atoms with van der Waals surface area (Å²) in [6.45, 7) is 4.62. The Labute approximate surface area is 124 Å². The van der Waals surface area contributed by atoms with Crippen molar-refractivity contribution in [1.29, 1.82) is 0 Å². The fourth-order valence-electron chi connectivity index (χ4n) is 2.57. The fourth-order valence-corrected chi connectivity index (χ4v) is 2.73. The Balaban J connectivity index is 1.83. The standard InChI is InChI=1S/C15H20ClFN2O/c1-11-4-2-3-8-19(11)9-7-18-15(20)13-6-5-12(16)10-14(13)17/h5-6,10-11H,2-4,7-9H2,1H3,(H,18,20). The first-order chi connectivity index (χ1) is 9.58. The summed E-state index contributed by atoms with van der Waals surface area (Å²) in [7, 11) is 0. The number of carbonyl (C=O) groups excluding carboxylic acids is 1. The Morgan fingerprint density at radius 3 is 3.00 bits per heavy atom. The van der Waals surface area contributed by atoms with Gasteiger partial charge in [-0.05, 0) is 44.5 Å². The molecule has 0 bridgehead atoms. The van der Waals surface area contributed by atoms with Crippen molar-refractivity contribution in [1.82, 2.24) is 10.2 Å². The number of carbonyl (C=O) groups is 1. The molecule has 1 atom stereocenters. The lowest BCUT2D eigenvalue weighted by Gasteiger charge is -2.33. The quantitative estimate of drug-likeness (QED) is 0.926. The Morgan fingerprint density at radius 1 is 1.50 bits per heavy atom. The largest absolute Gasteiger partial charge is 0.351 e. The van der Waals surface area contributed by atoms with Crippen molar-refractivity contribution >= 4 is 17.5 Å². The number of hydrogen-bond donors (Lipinski definition) is 1. The predicted molar refractivity (Wildman–Crippen MR) is 78.6 cm³/mol. The van der Waals surface area contributed by atoms with Crippen molar-refractivity contribution in [3.05, 3.63) is 34.6 Å². The van der Waals surface area contributed by atoms with Crippen LogP contribution in [0.3, 0.4) is 0 Å².